The zero-order valence-electron chi connectivity index (χ0n) is 10.0. The zero-order chi connectivity index (χ0) is 11.4. The first-order valence-electron chi connectivity index (χ1n) is 6.44. The van der Waals surface area contributed by atoms with Gasteiger partial charge in [0.05, 0.1) is 0 Å². The van der Waals surface area contributed by atoms with Crippen molar-refractivity contribution in [3.8, 4) is 0 Å². The van der Waals surface area contributed by atoms with Gasteiger partial charge in [-0.2, -0.15) is 11.8 Å². The first-order chi connectivity index (χ1) is 7.86. The highest BCUT2D eigenvalue weighted by Gasteiger charge is 2.27. The van der Waals surface area contributed by atoms with E-state index in [0.29, 0.717) is 5.25 Å². The van der Waals surface area contributed by atoms with E-state index in [9.17, 15) is 0 Å². The molecule has 1 saturated heterocycles. The summed E-state index contributed by atoms with van der Waals surface area (Å²) in [6.45, 7) is 2.31. The molecule has 1 fully saturated rings. The smallest absolute Gasteiger partial charge is 0.0393 e. The topological polar surface area (TPSA) is 0 Å². The molecule has 2 heteroatoms. The van der Waals surface area contributed by atoms with Crippen molar-refractivity contribution in [3.63, 3.8) is 0 Å². The molecule has 1 heterocycles. The van der Waals surface area contributed by atoms with E-state index in [1.807, 2.05) is 0 Å². The highest BCUT2D eigenvalue weighted by Crippen LogP contribution is 2.41. The largest absolute Gasteiger partial charge is 0.153 e. The summed E-state index contributed by atoms with van der Waals surface area (Å²) in [5.74, 6) is 2.17. The van der Waals surface area contributed by atoms with Gasteiger partial charge in [0.1, 0.15) is 0 Å². The predicted octanol–water partition coefficient (Wildman–Crippen LogP) is 4.95. The van der Waals surface area contributed by atoms with Crippen LogP contribution in [0.1, 0.15) is 39.0 Å². The zero-order valence-corrected chi connectivity index (χ0v) is 12.4. The molecule has 2 atom stereocenters. The molecule has 0 aromatic heterocycles. The summed E-state index contributed by atoms with van der Waals surface area (Å²) in [7, 11) is 0. The third kappa shape index (κ3) is 2.76. The lowest BCUT2D eigenvalue weighted by Gasteiger charge is -2.24. The van der Waals surface area contributed by atoms with Crippen LogP contribution in [0, 0.1) is 5.92 Å². The fourth-order valence-electron chi connectivity index (χ4n) is 2.81. The van der Waals surface area contributed by atoms with Crippen molar-refractivity contribution in [3.05, 3.63) is 23.3 Å². The lowest BCUT2D eigenvalue weighted by Crippen LogP contribution is -2.14. The second kappa shape index (κ2) is 6.30. The summed E-state index contributed by atoms with van der Waals surface area (Å²) in [4.78, 5) is 0. The molecule has 0 bridgehead atoms. The number of fused-ring (bicyclic) bond motifs is 1. The van der Waals surface area contributed by atoms with Gasteiger partial charge >= 0.3 is 0 Å². The lowest BCUT2D eigenvalue weighted by molar-refractivity contribution is 0.540. The Morgan fingerprint density at radius 2 is 2.06 bits per heavy atom. The number of halogens is 1. The Bertz CT molecular complexity index is 293. The summed E-state index contributed by atoms with van der Waals surface area (Å²) < 4.78 is 0. The first kappa shape index (κ1) is 12.8. The minimum atomic E-state index is 0.702. The Hall–Kier alpha value is 0.310. The third-order valence-corrected chi connectivity index (χ3v) is 5.95. The van der Waals surface area contributed by atoms with Gasteiger partial charge in [0.2, 0.25) is 0 Å². The molecule has 0 aromatic carbocycles. The van der Waals surface area contributed by atoms with E-state index < -0.39 is 0 Å². The van der Waals surface area contributed by atoms with Crippen molar-refractivity contribution >= 4 is 27.7 Å². The lowest BCUT2D eigenvalue weighted by atomic mass is 9.82. The van der Waals surface area contributed by atoms with Crippen LogP contribution in [-0.4, -0.2) is 16.3 Å². The van der Waals surface area contributed by atoms with Crippen LogP contribution in [0.15, 0.2) is 23.3 Å². The van der Waals surface area contributed by atoms with Gasteiger partial charge in [0.15, 0.2) is 0 Å². The Balaban J connectivity index is 2.22. The van der Waals surface area contributed by atoms with Crippen LogP contribution in [0.3, 0.4) is 0 Å². The average molecular weight is 301 g/mol. The number of hydrogen-bond acceptors (Lipinski definition) is 1. The molecular weight excluding hydrogens is 280 g/mol. The molecule has 0 radical (unpaired) electrons. The van der Waals surface area contributed by atoms with E-state index in [4.69, 9.17) is 0 Å². The van der Waals surface area contributed by atoms with Crippen LogP contribution in [0.4, 0.5) is 0 Å². The molecule has 2 rings (SSSR count). The van der Waals surface area contributed by atoms with Gasteiger partial charge in [-0.1, -0.05) is 41.4 Å². The van der Waals surface area contributed by atoms with Crippen molar-refractivity contribution < 1.29 is 0 Å². The fourth-order valence-corrected chi connectivity index (χ4v) is 4.92. The van der Waals surface area contributed by atoms with Crippen LogP contribution in [0.5, 0.6) is 0 Å². The summed E-state index contributed by atoms with van der Waals surface area (Å²) in [5.41, 5.74) is 3.35. The Kier molecular flexibility index (Phi) is 5.02. The quantitative estimate of drug-likeness (QED) is 0.665. The maximum atomic E-state index is 3.68. The molecular formula is C14H21BrS. The molecule has 0 amide bonds. The number of hydrogen-bond donors (Lipinski definition) is 0. The second-order valence-corrected chi connectivity index (χ2v) is 6.64. The first-order valence-corrected chi connectivity index (χ1v) is 8.61. The van der Waals surface area contributed by atoms with Crippen molar-refractivity contribution in [2.24, 2.45) is 5.92 Å². The standard InChI is InChI=1S/C14H21BrS/c1-2-5-11-8-9-16-14(10-15)13-7-4-3-6-12(11)13/h6-7,11,14H,2-5,8-10H2,1H3. The summed E-state index contributed by atoms with van der Waals surface area (Å²) in [5, 5.41) is 1.81. The van der Waals surface area contributed by atoms with Crippen LogP contribution in [0.25, 0.3) is 0 Å². The Morgan fingerprint density at radius 3 is 2.75 bits per heavy atom. The van der Waals surface area contributed by atoms with Crippen LogP contribution >= 0.6 is 27.7 Å². The van der Waals surface area contributed by atoms with Gasteiger partial charge in [0, 0.05) is 10.6 Å². The summed E-state index contributed by atoms with van der Waals surface area (Å²) in [6, 6.07) is 0. The minimum absolute atomic E-state index is 0.702. The molecule has 16 heavy (non-hydrogen) atoms. The van der Waals surface area contributed by atoms with Gasteiger partial charge in [0.25, 0.3) is 0 Å². The number of rotatable bonds is 3. The van der Waals surface area contributed by atoms with Crippen molar-refractivity contribution in [1.82, 2.24) is 0 Å². The Labute approximate surface area is 112 Å². The number of thioether (sulfide) groups is 1. The van der Waals surface area contributed by atoms with E-state index >= 15 is 0 Å². The monoisotopic (exact) mass is 300 g/mol. The van der Waals surface area contributed by atoms with Crippen molar-refractivity contribution in [1.29, 1.82) is 0 Å². The molecule has 0 aromatic rings. The van der Waals surface area contributed by atoms with Gasteiger partial charge < -0.3 is 0 Å². The number of alkyl halides is 1. The van der Waals surface area contributed by atoms with Gasteiger partial charge in [-0.05, 0) is 48.5 Å². The molecule has 1 aliphatic heterocycles. The van der Waals surface area contributed by atoms with E-state index in [2.05, 4.69) is 46.8 Å². The summed E-state index contributed by atoms with van der Waals surface area (Å²) in [6.07, 6.45) is 11.6. The molecule has 0 spiro atoms. The SMILES string of the molecule is CCCC1CCSC(CBr)C2=CCCC=C21. The molecule has 0 saturated carbocycles. The van der Waals surface area contributed by atoms with Crippen LogP contribution < -0.4 is 0 Å². The molecule has 2 unspecified atom stereocenters. The van der Waals surface area contributed by atoms with Gasteiger partial charge in [-0.25, -0.2) is 0 Å². The predicted molar refractivity (Wildman–Crippen MR) is 78.5 cm³/mol. The minimum Gasteiger partial charge on any atom is -0.153 e. The maximum Gasteiger partial charge on any atom is 0.0393 e. The molecule has 0 N–H and O–H groups in total. The van der Waals surface area contributed by atoms with E-state index in [1.54, 1.807) is 11.1 Å². The second-order valence-electron chi connectivity index (χ2n) is 4.68. The summed E-state index contributed by atoms with van der Waals surface area (Å²) >= 11 is 5.82. The van der Waals surface area contributed by atoms with E-state index in [1.165, 1.54) is 37.9 Å². The average Bonchev–Trinajstić information content (AvgIpc) is 2.50. The van der Waals surface area contributed by atoms with E-state index in [-0.39, 0.29) is 0 Å². The normalized spacial score (nSPS) is 30.1. The van der Waals surface area contributed by atoms with Gasteiger partial charge in [-0.15, -0.1) is 0 Å². The van der Waals surface area contributed by atoms with E-state index in [0.717, 1.165) is 11.2 Å². The third-order valence-electron chi connectivity index (χ3n) is 3.58. The highest BCUT2D eigenvalue weighted by atomic mass is 79.9. The number of allylic oxidation sites excluding steroid dienone is 3. The van der Waals surface area contributed by atoms with Crippen LogP contribution in [0.2, 0.25) is 0 Å². The van der Waals surface area contributed by atoms with Crippen molar-refractivity contribution in [2.75, 3.05) is 11.1 Å². The molecule has 0 nitrogen and oxygen atoms in total. The molecule has 2 aliphatic rings. The maximum absolute atomic E-state index is 3.68. The van der Waals surface area contributed by atoms with Crippen molar-refractivity contribution in [2.45, 2.75) is 44.3 Å². The molecule has 1 aliphatic carbocycles. The highest BCUT2D eigenvalue weighted by molar-refractivity contribution is 9.09. The Morgan fingerprint density at radius 1 is 1.31 bits per heavy atom. The fraction of sp³-hybridized carbons (Fsp3) is 0.714. The van der Waals surface area contributed by atoms with Crippen LogP contribution in [-0.2, 0) is 0 Å². The molecule has 90 valence electrons. The van der Waals surface area contributed by atoms with Gasteiger partial charge in [-0.3, -0.25) is 0 Å².